The normalized spacial score (nSPS) is 16.9. The standard InChI is InChI=1S/C14H20BrNO/c1-10(6-7-16)12-4-5-14(13(15)8-12)17-9-11-2-3-11/h4-5,8,10-11H,2-3,6-7,9,16H2,1H3. The number of halogens is 1. The van der Waals surface area contributed by atoms with Gasteiger partial charge in [0.2, 0.25) is 0 Å². The van der Waals surface area contributed by atoms with Crippen molar-refractivity contribution in [2.75, 3.05) is 13.2 Å². The molecule has 1 aliphatic carbocycles. The van der Waals surface area contributed by atoms with Crippen LogP contribution in [0.3, 0.4) is 0 Å². The van der Waals surface area contributed by atoms with Crippen LogP contribution in [0.2, 0.25) is 0 Å². The summed E-state index contributed by atoms with van der Waals surface area (Å²) in [5.41, 5.74) is 6.91. The van der Waals surface area contributed by atoms with Crippen molar-refractivity contribution < 1.29 is 4.74 Å². The number of ether oxygens (including phenoxy) is 1. The molecule has 0 amide bonds. The van der Waals surface area contributed by atoms with Gasteiger partial charge in [-0.3, -0.25) is 0 Å². The van der Waals surface area contributed by atoms with Crippen LogP contribution in [-0.4, -0.2) is 13.2 Å². The van der Waals surface area contributed by atoms with Crippen LogP contribution in [0.15, 0.2) is 22.7 Å². The maximum Gasteiger partial charge on any atom is 0.133 e. The molecule has 1 unspecified atom stereocenters. The van der Waals surface area contributed by atoms with E-state index < -0.39 is 0 Å². The summed E-state index contributed by atoms with van der Waals surface area (Å²) in [5.74, 6) is 2.26. The predicted molar refractivity (Wildman–Crippen MR) is 74.4 cm³/mol. The molecule has 0 radical (unpaired) electrons. The summed E-state index contributed by atoms with van der Waals surface area (Å²) in [7, 11) is 0. The van der Waals surface area contributed by atoms with Gasteiger partial charge in [-0.2, -0.15) is 0 Å². The van der Waals surface area contributed by atoms with E-state index in [1.54, 1.807) is 0 Å². The molecule has 94 valence electrons. The van der Waals surface area contributed by atoms with Crippen molar-refractivity contribution in [2.45, 2.75) is 32.1 Å². The van der Waals surface area contributed by atoms with E-state index >= 15 is 0 Å². The average Bonchev–Trinajstić information content (AvgIpc) is 3.11. The Morgan fingerprint density at radius 1 is 1.47 bits per heavy atom. The van der Waals surface area contributed by atoms with E-state index in [2.05, 4.69) is 41.1 Å². The molecule has 2 N–H and O–H groups in total. The van der Waals surface area contributed by atoms with E-state index in [1.165, 1.54) is 18.4 Å². The van der Waals surface area contributed by atoms with Gasteiger partial charge < -0.3 is 10.5 Å². The Kier molecular flexibility index (Phi) is 4.46. The third-order valence-corrected chi connectivity index (χ3v) is 3.92. The predicted octanol–water partition coefficient (Wildman–Crippen LogP) is 3.69. The molecule has 2 rings (SSSR count). The molecule has 2 nitrogen and oxygen atoms in total. The van der Waals surface area contributed by atoms with Crippen molar-refractivity contribution >= 4 is 15.9 Å². The highest BCUT2D eigenvalue weighted by Gasteiger charge is 2.22. The van der Waals surface area contributed by atoms with E-state index in [4.69, 9.17) is 10.5 Å². The maximum absolute atomic E-state index is 5.78. The highest BCUT2D eigenvalue weighted by atomic mass is 79.9. The zero-order valence-corrected chi connectivity index (χ0v) is 11.9. The SMILES string of the molecule is CC(CCN)c1ccc(OCC2CC2)c(Br)c1. The third-order valence-electron chi connectivity index (χ3n) is 3.30. The third kappa shape index (κ3) is 3.71. The lowest BCUT2D eigenvalue weighted by Crippen LogP contribution is -2.05. The number of nitrogens with two attached hydrogens (primary N) is 1. The summed E-state index contributed by atoms with van der Waals surface area (Å²) in [6.07, 6.45) is 3.67. The Balaban J connectivity index is 1.99. The first kappa shape index (κ1) is 12.9. The van der Waals surface area contributed by atoms with Crippen LogP contribution >= 0.6 is 15.9 Å². The van der Waals surface area contributed by atoms with Gasteiger partial charge in [0.15, 0.2) is 0 Å². The second-order valence-corrected chi connectivity index (χ2v) is 5.78. The Hall–Kier alpha value is -0.540. The van der Waals surface area contributed by atoms with Crippen molar-refractivity contribution in [3.63, 3.8) is 0 Å². The van der Waals surface area contributed by atoms with Crippen molar-refractivity contribution in [2.24, 2.45) is 11.7 Å². The molecule has 0 heterocycles. The van der Waals surface area contributed by atoms with Crippen LogP contribution < -0.4 is 10.5 Å². The lowest BCUT2D eigenvalue weighted by atomic mass is 9.98. The van der Waals surface area contributed by atoms with Gasteiger partial charge in [-0.25, -0.2) is 0 Å². The Labute approximate surface area is 112 Å². The molecule has 0 saturated heterocycles. The van der Waals surface area contributed by atoms with Crippen molar-refractivity contribution in [3.05, 3.63) is 28.2 Å². The maximum atomic E-state index is 5.78. The largest absolute Gasteiger partial charge is 0.492 e. The fourth-order valence-electron chi connectivity index (χ4n) is 1.85. The molecular formula is C14H20BrNO. The minimum absolute atomic E-state index is 0.508. The monoisotopic (exact) mass is 297 g/mol. The quantitative estimate of drug-likeness (QED) is 0.869. The summed E-state index contributed by atoms with van der Waals surface area (Å²) in [5, 5.41) is 0. The number of hydrogen-bond acceptors (Lipinski definition) is 2. The second kappa shape index (κ2) is 5.87. The Morgan fingerprint density at radius 3 is 2.82 bits per heavy atom. The van der Waals surface area contributed by atoms with Gasteiger partial charge >= 0.3 is 0 Å². The minimum atomic E-state index is 0.508. The van der Waals surface area contributed by atoms with E-state index in [9.17, 15) is 0 Å². The molecule has 3 heteroatoms. The lowest BCUT2D eigenvalue weighted by Gasteiger charge is -2.13. The molecule has 1 fully saturated rings. The molecule has 0 aromatic heterocycles. The highest BCUT2D eigenvalue weighted by Crippen LogP contribution is 2.33. The van der Waals surface area contributed by atoms with Crippen LogP contribution in [0.4, 0.5) is 0 Å². The molecule has 0 spiro atoms. The van der Waals surface area contributed by atoms with Gasteiger partial charge in [0.25, 0.3) is 0 Å². The Bertz CT molecular complexity index is 376. The van der Waals surface area contributed by atoms with Crippen LogP contribution in [0, 0.1) is 5.92 Å². The van der Waals surface area contributed by atoms with E-state index in [1.807, 2.05) is 0 Å². The summed E-state index contributed by atoms with van der Waals surface area (Å²) < 4.78 is 6.84. The van der Waals surface area contributed by atoms with E-state index in [0.717, 1.165) is 35.7 Å². The fourth-order valence-corrected chi connectivity index (χ4v) is 2.36. The summed E-state index contributed by atoms with van der Waals surface area (Å²) in [6, 6.07) is 6.37. The fraction of sp³-hybridized carbons (Fsp3) is 0.571. The first-order chi connectivity index (χ1) is 8.20. The highest BCUT2D eigenvalue weighted by molar-refractivity contribution is 9.10. The number of benzene rings is 1. The molecule has 0 bridgehead atoms. The first-order valence-corrected chi connectivity index (χ1v) is 7.12. The van der Waals surface area contributed by atoms with Gasteiger partial charge in [-0.15, -0.1) is 0 Å². The van der Waals surface area contributed by atoms with Crippen LogP contribution in [0.25, 0.3) is 0 Å². The first-order valence-electron chi connectivity index (χ1n) is 6.33. The molecule has 0 aliphatic heterocycles. The average molecular weight is 298 g/mol. The van der Waals surface area contributed by atoms with E-state index in [0.29, 0.717) is 5.92 Å². The van der Waals surface area contributed by atoms with Gasteiger partial charge in [0.05, 0.1) is 11.1 Å². The van der Waals surface area contributed by atoms with Gasteiger partial charge in [0, 0.05) is 0 Å². The van der Waals surface area contributed by atoms with Crippen LogP contribution in [0.5, 0.6) is 5.75 Å². The topological polar surface area (TPSA) is 35.2 Å². The molecule has 1 aromatic carbocycles. The molecule has 17 heavy (non-hydrogen) atoms. The Morgan fingerprint density at radius 2 is 2.24 bits per heavy atom. The van der Waals surface area contributed by atoms with Crippen molar-refractivity contribution in [1.29, 1.82) is 0 Å². The molecular weight excluding hydrogens is 278 g/mol. The van der Waals surface area contributed by atoms with Crippen LogP contribution in [0.1, 0.15) is 37.7 Å². The number of hydrogen-bond donors (Lipinski definition) is 1. The lowest BCUT2D eigenvalue weighted by molar-refractivity contribution is 0.298. The number of rotatable bonds is 6. The second-order valence-electron chi connectivity index (χ2n) is 4.92. The van der Waals surface area contributed by atoms with Gasteiger partial charge in [-0.1, -0.05) is 13.0 Å². The molecule has 1 saturated carbocycles. The smallest absolute Gasteiger partial charge is 0.133 e. The summed E-state index contributed by atoms with van der Waals surface area (Å²) in [6.45, 7) is 3.80. The van der Waals surface area contributed by atoms with Gasteiger partial charge in [-0.05, 0) is 71.3 Å². The van der Waals surface area contributed by atoms with Crippen LogP contribution in [-0.2, 0) is 0 Å². The molecule has 1 aliphatic rings. The zero-order chi connectivity index (χ0) is 12.3. The van der Waals surface area contributed by atoms with Gasteiger partial charge in [0.1, 0.15) is 5.75 Å². The van der Waals surface area contributed by atoms with Crippen molar-refractivity contribution in [1.82, 2.24) is 0 Å². The summed E-state index contributed by atoms with van der Waals surface area (Å²) in [4.78, 5) is 0. The minimum Gasteiger partial charge on any atom is -0.492 e. The molecule has 1 atom stereocenters. The van der Waals surface area contributed by atoms with E-state index in [-0.39, 0.29) is 0 Å². The van der Waals surface area contributed by atoms with Crippen molar-refractivity contribution in [3.8, 4) is 5.75 Å². The molecule has 1 aromatic rings. The summed E-state index contributed by atoms with van der Waals surface area (Å²) >= 11 is 3.58. The zero-order valence-electron chi connectivity index (χ0n) is 10.3.